The molecule has 2 amide bonds. The summed E-state index contributed by atoms with van der Waals surface area (Å²) < 4.78 is 0. The minimum absolute atomic E-state index is 0.0227. The first-order valence-electron chi connectivity index (χ1n) is 9.95. The molecule has 3 saturated heterocycles. The van der Waals surface area contributed by atoms with Gasteiger partial charge in [0.15, 0.2) is 0 Å². The van der Waals surface area contributed by atoms with Crippen molar-refractivity contribution >= 4 is 23.4 Å². The minimum Gasteiger partial charge on any atom is -0.338 e. The van der Waals surface area contributed by atoms with E-state index in [1.807, 2.05) is 23.1 Å². The van der Waals surface area contributed by atoms with Gasteiger partial charge in [-0.15, -0.1) is 0 Å². The number of halogens is 1. The molecule has 3 aliphatic heterocycles. The summed E-state index contributed by atoms with van der Waals surface area (Å²) in [6.45, 7) is 2.28. The maximum Gasteiger partial charge on any atom is 0.255 e. The second-order valence-electron chi connectivity index (χ2n) is 8.54. The molecule has 4 atom stereocenters. The van der Waals surface area contributed by atoms with Gasteiger partial charge in [-0.25, -0.2) is 0 Å². The highest BCUT2D eigenvalue weighted by atomic mass is 35.5. The quantitative estimate of drug-likeness (QED) is 0.798. The number of carbonyl (C=O) groups is 2. The average molecular weight is 390 g/mol. The first kappa shape index (κ1) is 18.8. The van der Waals surface area contributed by atoms with Crippen LogP contribution in [0.2, 0.25) is 5.02 Å². The molecule has 0 N–H and O–H groups in total. The van der Waals surface area contributed by atoms with Crippen LogP contribution in [-0.4, -0.2) is 72.3 Å². The van der Waals surface area contributed by atoms with E-state index >= 15 is 0 Å². The van der Waals surface area contributed by atoms with E-state index in [1.165, 1.54) is 0 Å². The predicted octanol–water partition coefficient (Wildman–Crippen LogP) is 2.74. The predicted molar refractivity (Wildman–Crippen MR) is 106 cm³/mol. The Morgan fingerprint density at radius 1 is 1.22 bits per heavy atom. The molecular weight excluding hydrogens is 362 g/mol. The fourth-order valence-corrected chi connectivity index (χ4v) is 5.57. The Morgan fingerprint density at radius 3 is 2.70 bits per heavy atom. The number of hydrogen-bond donors (Lipinski definition) is 0. The molecule has 3 heterocycles. The smallest absolute Gasteiger partial charge is 0.255 e. The Labute approximate surface area is 166 Å². The molecular formula is C21H28ClN3O2. The number of fused-ring (bicyclic) bond motifs is 4. The van der Waals surface area contributed by atoms with E-state index in [4.69, 9.17) is 11.6 Å². The molecule has 0 aromatic heterocycles. The largest absolute Gasteiger partial charge is 0.338 e. The molecule has 1 aromatic rings. The van der Waals surface area contributed by atoms with Crippen molar-refractivity contribution in [3.05, 3.63) is 34.9 Å². The van der Waals surface area contributed by atoms with Gasteiger partial charge in [0.2, 0.25) is 5.91 Å². The third kappa shape index (κ3) is 3.47. The Morgan fingerprint density at radius 2 is 1.96 bits per heavy atom. The van der Waals surface area contributed by atoms with Crippen molar-refractivity contribution in [2.75, 3.05) is 33.7 Å². The molecule has 0 aliphatic carbocycles. The molecule has 0 saturated carbocycles. The first-order valence-corrected chi connectivity index (χ1v) is 10.3. The van der Waals surface area contributed by atoms with Gasteiger partial charge in [-0.2, -0.15) is 0 Å². The number of likely N-dealkylation sites (N-methyl/N-ethyl adjacent to an activating group) is 1. The third-order valence-electron chi connectivity index (χ3n) is 6.44. The van der Waals surface area contributed by atoms with Gasteiger partial charge in [-0.05, 0) is 57.3 Å². The third-order valence-corrected chi connectivity index (χ3v) is 6.77. The molecule has 4 rings (SSSR count). The van der Waals surface area contributed by atoms with Gasteiger partial charge in [-0.1, -0.05) is 23.7 Å². The van der Waals surface area contributed by atoms with Crippen molar-refractivity contribution in [1.82, 2.24) is 14.7 Å². The van der Waals surface area contributed by atoms with Crippen LogP contribution in [0.3, 0.4) is 0 Å². The summed E-state index contributed by atoms with van der Waals surface area (Å²) in [4.78, 5) is 32.2. The van der Waals surface area contributed by atoms with Crippen molar-refractivity contribution < 1.29 is 9.59 Å². The molecule has 6 heteroatoms. The first-order chi connectivity index (χ1) is 13.0. The Balaban J connectivity index is 1.62. The summed E-state index contributed by atoms with van der Waals surface area (Å²) in [6, 6.07) is 7.76. The van der Waals surface area contributed by atoms with E-state index in [2.05, 4.69) is 23.9 Å². The standard InChI is InChI=1S/C21H28ClN3O2/c1-23(2)13-19-15-10-14(18-8-5-9-20(26)25(18)19)11-24(12-15)21(27)16-6-3-4-7-17(16)22/h3-4,6-7,14-15,18-19H,5,8-13H2,1-2H3/t14-,15+,18+,19+/m1/s1. The average Bonchev–Trinajstić information content (AvgIpc) is 2.65. The highest BCUT2D eigenvalue weighted by Crippen LogP contribution is 2.42. The lowest BCUT2D eigenvalue weighted by atomic mass is 9.72. The van der Waals surface area contributed by atoms with E-state index in [0.717, 1.165) is 32.4 Å². The topological polar surface area (TPSA) is 43.9 Å². The van der Waals surface area contributed by atoms with E-state index in [-0.39, 0.29) is 18.0 Å². The molecule has 3 aliphatic rings. The van der Waals surface area contributed by atoms with Gasteiger partial charge < -0.3 is 14.7 Å². The summed E-state index contributed by atoms with van der Waals surface area (Å²) in [7, 11) is 4.12. The van der Waals surface area contributed by atoms with Crippen LogP contribution in [0.4, 0.5) is 0 Å². The molecule has 146 valence electrons. The van der Waals surface area contributed by atoms with Gasteiger partial charge in [0.05, 0.1) is 10.6 Å². The minimum atomic E-state index is 0.0227. The van der Waals surface area contributed by atoms with Crippen molar-refractivity contribution in [3.63, 3.8) is 0 Å². The van der Waals surface area contributed by atoms with Crippen molar-refractivity contribution in [2.45, 2.75) is 37.8 Å². The maximum absolute atomic E-state index is 13.2. The number of benzene rings is 1. The second-order valence-corrected chi connectivity index (χ2v) is 8.94. The van der Waals surface area contributed by atoms with E-state index in [1.54, 1.807) is 6.07 Å². The molecule has 0 unspecified atom stereocenters. The molecule has 27 heavy (non-hydrogen) atoms. The number of carbonyl (C=O) groups excluding carboxylic acids is 2. The number of rotatable bonds is 3. The van der Waals surface area contributed by atoms with Crippen molar-refractivity contribution in [1.29, 1.82) is 0 Å². The van der Waals surface area contributed by atoms with Crippen LogP contribution in [0, 0.1) is 11.8 Å². The normalized spacial score (nSPS) is 30.4. The van der Waals surface area contributed by atoms with Crippen molar-refractivity contribution in [2.24, 2.45) is 11.8 Å². The zero-order chi connectivity index (χ0) is 19.1. The SMILES string of the molecule is CN(C)C[C@H]1[C@H]2C[C@H](CN(C(=O)c3ccccc3Cl)C2)[C@@H]2CCCC(=O)N21. The van der Waals surface area contributed by atoms with E-state index in [0.29, 0.717) is 41.3 Å². The van der Waals surface area contributed by atoms with Crippen LogP contribution in [0.5, 0.6) is 0 Å². The van der Waals surface area contributed by atoms with Gasteiger partial charge >= 0.3 is 0 Å². The second kappa shape index (κ2) is 7.44. The summed E-state index contributed by atoms with van der Waals surface area (Å²) in [5, 5.41) is 0.512. The highest BCUT2D eigenvalue weighted by Gasteiger charge is 2.50. The van der Waals surface area contributed by atoms with Crippen LogP contribution >= 0.6 is 11.6 Å². The Kier molecular flexibility index (Phi) is 5.17. The maximum atomic E-state index is 13.2. The molecule has 0 radical (unpaired) electrons. The Hall–Kier alpha value is -1.59. The fourth-order valence-electron chi connectivity index (χ4n) is 5.35. The lowest BCUT2D eigenvalue weighted by molar-refractivity contribution is -0.152. The fraction of sp³-hybridized carbons (Fsp3) is 0.619. The van der Waals surface area contributed by atoms with E-state index in [9.17, 15) is 9.59 Å². The molecule has 5 nitrogen and oxygen atoms in total. The van der Waals surface area contributed by atoms with Gasteiger partial charge in [0, 0.05) is 38.1 Å². The molecule has 0 spiro atoms. The number of piperidine rings is 3. The van der Waals surface area contributed by atoms with Crippen LogP contribution < -0.4 is 0 Å². The summed E-state index contributed by atoms with van der Waals surface area (Å²) in [6.07, 6.45) is 3.80. The lowest BCUT2D eigenvalue weighted by Crippen LogP contribution is -2.67. The van der Waals surface area contributed by atoms with Crippen molar-refractivity contribution in [3.8, 4) is 0 Å². The number of likely N-dealkylation sites (tertiary alicyclic amines) is 1. The van der Waals surface area contributed by atoms with Gasteiger partial charge in [0.1, 0.15) is 0 Å². The molecule has 3 fully saturated rings. The van der Waals surface area contributed by atoms with Crippen LogP contribution in [-0.2, 0) is 4.79 Å². The van der Waals surface area contributed by atoms with Gasteiger partial charge in [-0.3, -0.25) is 9.59 Å². The lowest BCUT2D eigenvalue weighted by Gasteiger charge is -2.57. The van der Waals surface area contributed by atoms with Crippen LogP contribution in [0.25, 0.3) is 0 Å². The van der Waals surface area contributed by atoms with E-state index < -0.39 is 0 Å². The van der Waals surface area contributed by atoms with Crippen LogP contribution in [0.1, 0.15) is 36.0 Å². The number of amides is 2. The molecule has 1 aromatic carbocycles. The number of hydrogen-bond acceptors (Lipinski definition) is 3. The summed E-state index contributed by atoms with van der Waals surface area (Å²) in [5.74, 6) is 1.03. The van der Waals surface area contributed by atoms with Crippen LogP contribution in [0.15, 0.2) is 24.3 Å². The summed E-state index contributed by atoms with van der Waals surface area (Å²) in [5.41, 5.74) is 0.583. The Bertz CT molecular complexity index is 738. The zero-order valence-electron chi connectivity index (χ0n) is 16.1. The summed E-state index contributed by atoms with van der Waals surface area (Å²) >= 11 is 6.28. The zero-order valence-corrected chi connectivity index (χ0v) is 16.9. The monoisotopic (exact) mass is 389 g/mol. The molecule has 2 bridgehead atoms. The highest BCUT2D eigenvalue weighted by molar-refractivity contribution is 6.33. The number of nitrogens with zero attached hydrogens (tertiary/aromatic N) is 3. The van der Waals surface area contributed by atoms with Gasteiger partial charge in [0.25, 0.3) is 5.91 Å².